The zero-order valence-corrected chi connectivity index (χ0v) is 18.7. The highest BCUT2D eigenvalue weighted by Gasteiger charge is 2.24. The van der Waals surface area contributed by atoms with Crippen LogP contribution in [-0.4, -0.2) is 52.7 Å². The first-order valence-electron chi connectivity index (χ1n) is 10.6. The van der Waals surface area contributed by atoms with Gasteiger partial charge in [-0.1, -0.05) is 32.9 Å². The quantitative estimate of drug-likeness (QED) is 0.811. The van der Waals surface area contributed by atoms with E-state index >= 15 is 0 Å². The van der Waals surface area contributed by atoms with Crippen LogP contribution in [0.2, 0.25) is 0 Å². The number of aromatic nitrogens is 2. The van der Waals surface area contributed by atoms with Crippen LogP contribution in [0.3, 0.4) is 0 Å². The standard InChI is InChI=1S/C23H33N5O2/c1-16(22(30)28-13-6-11-24-12-14-28)17-7-9-18(10-8-17)25-21(29)19-15-20(23(2,3)4)26-27(19)5/h7-10,15-16,24H,6,11-14H2,1-5H3,(H,25,29). The number of carbonyl (C=O) groups excluding carboxylic acids is 2. The number of nitrogens with zero attached hydrogens (tertiary/aromatic N) is 3. The summed E-state index contributed by atoms with van der Waals surface area (Å²) in [6, 6.07) is 9.36. The third-order valence-corrected chi connectivity index (χ3v) is 5.57. The van der Waals surface area contributed by atoms with Gasteiger partial charge in [-0.15, -0.1) is 0 Å². The molecule has 2 N–H and O–H groups in total. The van der Waals surface area contributed by atoms with Crippen molar-refractivity contribution < 1.29 is 9.59 Å². The third kappa shape index (κ3) is 5.08. The minimum Gasteiger partial charge on any atom is -0.341 e. The van der Waals surface area contributed by atoms with Crippen LogP contribution in [0.25, 0.3) is 0 Å². The first-order chi connectivity index (χ1) is 14.2. The van der Waals surface area contributed by atoms with Crippen LogP contribution in [0.5, 0.6) is 0 Å². The first-order valence-corrected chi connectivity index (χ1v) is 10.6. The smallest absolute Gasteiger partial charge is 0.273 e. The fourth-order valence-corrected chi connectivity index (χ4v) is 3.58. The first kappa shape index (κ1) is 22.0. The number of anilines is 1. The SMILES string of the molecule is CC(C(=O)N1CCCNCC1)c1ccc(NC(=O)c2cc(C(C)(C)C)nn2C)cc1. The largest absolute Gasteiger partial charge is 0.341 e. The molecular weight excluding hydrogens is 378 g/mol. The Bertz CT molecular complexity index is 887. The summed E-state index contributed by atoms with van der Waals surface area (Å²) in [5, 5.41) is 10.7. The van der Waals surface area contributed by atoms with Gasteiger partial charge in [-0.3, -0.25) is 14.3 Å². The van der Waals surface area contributed by atoms with Crippen molar-refractivity contribution in [3.05, 3.63) is 47.3 Å². The summed E-state index contributed by atoms with van der Waals surface area (Å²) >= 11 is 0. The lowest BCUT2D eigenvalue weighted by atomic mass is 9.92. The van der Waals surface area contributed by atoms with Gasteiger partial charge in [0, 0.05) is 37.8 Å². The van der Waals surface area contributed by atoms with Crippen LogP contribution in [0, 0.1) is 0 Å². The molecule has 30 heavy (non-hydrogen) atoms. The molecule has 2 aromatic rings. The van der Waals surface area contributed by atoms with Crippen molar-refractivity contribution in [1.29, 1.82) is 0 Å². The molecule has 1 saturated heterocycles. The predicted octanol–water partition coefficient (Wildman–Crippen LogP) is 2.90. The average molecular weight is 412 g/mol. The number of nitrogens with one attached hydrogen (secondary N) is 2. The highest BCUT2D eigenvalue weighted by atomic mass is 16.2. The third-order valence-electron chi connectivity index (χ3n) is 5.57. The predicted molar refractivity (Wildman–Crippen MR) is 119 cm³/mol. The minimum absolute atomic E-state index is 0.121. The highest BCUT2D eigenvalue weighted by molar-refractivity contribution is 6.03. The molecule has 2 amide bonds. The van der Waals surface area contributed by atoms with Crippen LogP contribution < -0.4 is 10.6 Å². The molecule has 0 aliphatic carbocycles. The van der Waals surface area contributed by atoms with E-state index in [2.05, 4.69) is 36.5 Å². The fourth-order valence-electron chi connectivity index (χ4n) is 3.58. The number of carbonyl (C=O) groups is 2. The fraction of sp³-hybridized carbons (Fsp3) is 0.522. The number of amides is 2. The summed E-state index contributed by atoms with van der Waals surface area (Å²) in [5.41, 5.74) is 2.92. The average Bonchev–Trinajstić information content (AvgIpc) is 2.92. The summed E-state index contributed by atoms with van der Waals surface area (Å²) in [7, 11) is 1.78. The monoisotopic (exact) mass is 411 g/mol. The van der Waals surface area contributed by atoms with Gasteiger partial charge in [0.05, 0.1) is 11.6 Å². The van der Waals surface area contributed by atoms with Gasteiger partial charge in [-0.05, 0) is 43.7 Å². The Morgan fingerprint density at radius 1 is 1.13 bits per heavy atom. The van der Waals surface area contributed by atoms with E-state index in [9.17, 15) is 9.59 Å². The number of rotatable bonds is 4. The lowest BCUT2D eigenvalue weighted by Gasteiger charge is -2.24. The van der Waals surface area contributed by atoms with Crippen molar-refractivity contribution in [3.8, 4) is 0 Å². The Hall–Kier alpha value is -2.67. The molecule has 1 aliphatic heterocycles. The topological polar surface area (TPSA) is 79.3 Å². The molecule has 1 aromatic heterocycles. The molecule has 1 atom stereocenters. The van der Waals surface area contributed by atoms with Gasteiger partial charge in [0.1, 0.15) is 5.69 Å². The molecule has 3 rings (SSSR count). The molecule has 1 unspecified atom stereocenters. The van der Waals surface area contributed by atoms with Crippen LogP contribution in [-0.2, 0) is 17.3 Å². The van der Waals surface area contributed by atoms with E-state index in [1.165, 1.54) is 0 Å². The van der Waals surface area contributed by atoms with Crippen molar-refractivity contribution in [3.63, 3.8) is 0 Å². The van der Waals surface area contributed by atoms with Crippen molar-refractivity contribution in [2.75, 3.05) is 31.5 Å². The molecule has 0 radical (unpaired) electrons. The zero-order chi connectivity index (χ0) is 21.9. The van der Waals surface area contributed by atoms with Crippen molar-refractivity contribution >= 4 is 17.5 Å². The summed E-state index contributed by atoms with van der Waals surface area (Å²) in [5.74, 6) is -0.256. The molecule has 7 heteroatoms. The molecule has 0 bridgehead atoms. The maximum atomic E-state index is 12.8. The number of aryl methyl sites for hydroxylation is 1. The molecule has 1 aromatic carbocycles. The number of benzene rings is 1. The molecule has 0 saturated carbocycles. The Morgan fingerprint density at radius 2 is 1.83 bits per heavy atom. The molecule has 162 valence electrons. The Labute approximate surface area is 178 Å². The van der Waals surface area contributed by atoms with E-state index < -0.39 is 0 Å². The lowest BCUT2D eigenvalue weighted by Crippen LogP contribution is -2.36. The van der Waals surface area contributed by atoms with E-state index in [1.807, 2.05) is 42.2 Å². The van der Waals surface area contributed by atoms with Crippen LogP contribution in [0.15, 0.2) is 30.3 Å². The maximum absolute atomic E-state index is 12.8. The summed E-state index contributed by atoms with van der Waals surface area (Å²) in [6.45, 7) is 11.5. The second-order valence-corrected chi connectivity index (χ2v) is 9.02. The highest BCUT2D eigenvalue weighted by Crippen LogP contribution is 2.23. The van der Waals surface area contributed by atoms with Gasteiger partial charge in [-0.2, -0.15) is 5.10 Å². The lowest BCUT2D eigenvalue weighted by molar-refractivity contribution is -0.132. The second kappa shape index (κ2) is 9.00. The number of hydrogen-bond acceptors (Lipinski definition) is 4. The summed E-state index contributed by atoms with van der Waals surface area (Å²) in [4.78, 5) is 27.5. The molecule has 1 fully saturated rings. The van der Waals surface area contributed by atoms with Gasteiger partial charge in [0.25, 0.3) is 5.91 Å². The summed E-state index contributed by atoms with van der Waals surface area (Å²) < 4.78 is 1.61. The second-order valence-electron chi connectivity index (χ2n) is 9.02. The van der Waals surface area contributed by atoms with Gasteiger partial charge in [0.15, 0.2) is 0 Å². The Kier molecular flexibility index (Phi) is 6.61. The Balaban J connectivity index is 1.66. The van der Waals surface area contributed by atoms with E-state index in [-0.39, 0.29) is 23.1 Å². The van der Waals surface area contributed by atoms with Crippen molar-refractivity contribution in [2.24, 2.45) is 7.05 Å². The van der Waals surface area contributed by atoms with E-state index in [4.69, 9.17) is 0 Å². The Morgan fingerprint density at radius 3 is 2.47 bits per heavy atom. The van der Waals surface area contributed by atoms with Gasteiger partial charge in [0.2, 0.25) is 5.91 Å². The van der Waals surface area contributed by atoms with E-state index in [0.29, 0.717) is 11.4 Å². The van der Waals surface area contributed by atoms with Crippen molar-refractivity contribution in [2.45, 2.75) is 45.4 Å². The summed E-state index contributed by atoms with van der Waals surface area (Å²) in [6.07, 6.45) is 0.981. The van der Waals surface area contributed by atoms with Gasteiger partial charge >= 0.3 is 0 Å². The molecular formula is C23H33N5O2. The van der Waals surface area contributed by atoms with Crippen molar-refractivity contribution in [1.82, 2.24) is 20.0 Å². The molecule has 2 heterocycles. The zero-order valence-electron chi connectivity index (χ0n) is 18.7. The van der Waals surface area contributed by atoms with Crippen LogP contribution >= 0.6 is 0 Å². The van der Waals surface area contributed by atoms with E-state index in [1.54, 1.807) is 11.7 Å². The normalized spacial score (nSPS) is 16.1. The van der Waals surface area contributed by atoms with E-state index in [0.717, 1.165) is 43.9 Å². The van der Waals surface area contributed by atoms with Crippen LogP contribution in [0.4, 0.5) is 5.69 Å². The van der Waals surface area contributed by atoms with Gasteiger partial charge in [-0.25, -0.2) is 0 Å². The minimum atomic E-state index is -0.209. The molecule has 0 spiro atoms. The molecule has 7 nitrogen and oxygen atoms in total. The number of hydrogen-bond donors (Lipinski definition) is 2. The van der Waals surface area contributed by atoms with Crippen LogP contribution in [0.1, 0.15) is 61.8 Å². The molecule has 1 aliphatic rings. The maximum Gasteiger partial charge on any atom is 0.273 e. The van der Waals surface area contributed by atoms with Gasteiger partial charge < -0.3 is 15.5 Å².